The molecule has 4 rings (SSSR count). The average Bonchev–Trinajstić information content (AvgIpc) is 3.30. The zero-order valence-corrected chi connectivity index (χ0v) is 14.7. The number of aromatic amines is 2. The van der Waals surface area contributed by atoms with Gasteiger partial charge < -0.3 is 19.4 Å². The van der Waals surface area contributed by atoms with E-state index in [0.717, 1.165) is 5.56 Å². The molecular formula is C21H24N2O2. The third-order valence-electron chi connectivity index (χ3n) is 4.66. The number of hydrogen-bond donors (Lipinski definition) is 2. The Labute approximate surface area is 148 Å². The standard InChI is InChI=1S/C21H24N2O2/c1-21(2)13-24-20(25-14-21)16-9-7-15(8-10-16)19(17-5-3-11-22-17)18-6-4-12-23-18/h3-12,19-20,22-23H,13-14H2,1-2H3. The molecule has 0 unspecified atom stereocenters. The van der Waals surface area contributed by atoms with Crippen molar-refractivity contribution in [2.75, 3.05) is 13.2 Å². The van der Waals surface area contributed by atoms with Crippen molar-refractivity contribution in [2.45, 2.75) is 26.1 Å². The summed E-state index contributed by atoms with van der Waals surface area (Å²) in [7, 11) is 0. The Kier molecular flexibility index (Phi) is 4.24. The molecule has 0 bridgehead atoms. The molecule has 1 aliphatic rings. The van der Waals surface area contributed by atoms with Crippen LogP contribution in [0.4, 0.5) is 0 Å². The van der Waals surface area contributed by atoms with Crippen LogP contribution in [-0.4, -0.2) is 23.2 Å². The van der Waals surface area contributed by atoms with E-state index in [2.05, 4.69) is 60.2 Å². The van der Waals surface area contributed by atoms with E-state index in [1.54, 1.807) is 0 Å². The van der Waals surface area contributed by atoms with Gasteiger partial charge >= 0.3 is 0 Å². The normalized spacial score (nSPS) is 17.9. The van der Waals surface area contributed by atoms with Crippen molar-refractivity contribution in [3.05, 3.63) is 83.4 Å². The van der Waals surface area contributed by atoms with Crippen LogP contribution in [0.3, 0.4) is 0 Å². The minimum atomic E-state index is -0.267. The first kappa shape index (κ1) is 16.2. The molecule has 25 heavy (non-hydrogen) atoms. The van der Waals surface area contributed by atoms with Crippen molar-refractivity contribution in [3.63, 3.8) is 0 Å². The fourth-order valence-corrected chi connectivity index (χ4v) is 3.30. The van der Waals surface area contributed by atoms with Gasteiger partial charge in [0.25, 0.3) is 0 Å². The van der Waals surface area contributed by atoms with Gasteiger partial charge in [-0.25, -0.2) is 0 Å². The molecule has 4 nitrogen and oxygen atoms in total. The highest BCUT2D eigenvalue weighted by Crippen LogP contribution is 2.34. The summed E-state index contributed by atoms with van der Waals surface area (Å²) in [6.45, 7) is 5.74. The van der Waals surface area contributed by atoms with Crippen molar-refractivity contribution in [1.29, 1.82) is 0 Å². The van der Waals surface area contributed by atoms with Crippen molar-refractivity contribution in [1.82, 2.24) is 9.97 Å². The summed E-state index contributed by atoms with van der Waals surface area (Å²) < 4.78 is 11.8. The average molecular weight is 336 g/mol. The van der Waals surface area contributed by atoms with Crippen LogP contribution in [0.1, 0.15) is 48.6 Å². The number of hydrogen-bond acceptors (Lipinski definition) is 2. The van der Waals surface area contributed by atoms with Crippen molar-refractivity contribution < 1.29 is 9.47 Å². The van der Waals surface area contributed by atoms with E-state index in [4.69, 9.17) is 9.47 Å². The molecule has 130 valence electrons. The minimum Gasteiger partial charge on any atom is -0.364 e. The molecule has 4 heteroatoms. The highest BCUT2D eigenvalue weighted by atomic mass is 16.7. The lowest BCUT2D eigenvalue weighted by Crippen LogP contribution is -2.33. The first-order valence-electron chi connectivity index (χ1n) is 8.72. The number of nitrogens with one attached hydrogen (secondary N) is 2. The Bertz CT molecular complexity index is 745. The lowest BCUT2D eigenvalue weighted by atomic mass is 9.91. The molecule has 1 fully saturated rings. The van der Waals surface area contributed by atoms with E-state index in [9.17, 15) is 0 Å². The molecule has 1 aromatic carbocycles. The van der Waals surface area contributed by atoms with E-state index in [1.165, 1.54) is 17.0 Å². The van der Waals surface area contributed by atoms with E-state index < -0.39 is 0 Å². The van der Waals surface area contributed by atoms with Gasteiger partial charge in [-0.15, -0.1) is 0 Å². The summed E-state index contributed by atoms with van der Waals surface area (Å²) in [4.78, 5) is 6.68. The predicted octanol–water partition coefficient (Wildman–Crippen LogP) is 4.59. The lowest BCUT2D eigenvalue weighted by Gasteiger charge is -2.34. The molecule has 1 aliphatic heterocycles. The Morgan fingerprint density at radius 1 is 0.880 bits per heavy atom. The smallest absolute Gasteiger partial charge is 0.183 e. The van der Waals surface area contributed by atoms with E-state index in [0.29, 0.717) is 13.2 Å². The minimum absolute atomic E-state index is 0.0861. The third-order valence-corrected chi connectivity index (χ3v) is 4.66. The van der Waals surface area contributed by atoms with Crippen molar-refractivity contribution >= 4 is 0 Å². The molecule has 0 radical (unpaired) electrons. The Morgan fingerprint density at radius 2 is 1.44 bits per heavy atom. The maximum atomic E-state index is 5.89. The molecule has 3 heterocycles. The van der Waals surface area contributed by atoms with E-state index in [-0.39, 0.29) is 17.6 Å². The van der Waals surface area contributed by atoms with E-state index in [1.807, 2.05) is 24.5 Å². The second kappa shape index (κ2) is 6.54. The summed E-state index contributed by atoms with van der Waals surface area (Å²) in [5.41, 5.74) is 4.72. The summed E-state index contributed by atoms with van der Waals surface area (Å²) in [6, 6.07) is 16.8. The second-order valence-electron chi connectivity index (χ2n) is 7.47. The van der Waals surface area contributed by atoms with Gasteiger partial charge in [-0.1, -0.05) is 38.1 Å². The first-order valence-corrected chi connectivity index (χ1v) is 8.72. The van der Waals surface area contributed by atoms with Gasteiger partial charge in [-0.3, -0.25) is 0 Å². The number of aromatic nitrogens is 2. The van der Waals surface area contributed by atoms with Crippen molar-refractivity contribution in [3.8, 4) is 0 Å². The van der Waals surface area contributed by atoms with Gasteiger partial charge in [0.15, 0.2) is 6.29 Å². The Morgan fingerprint density at radius 3 is 1.92 bits per heavy atom. The topological polar surface area (TPSA) is 50.0 Å². The van der Waals surface area contributed by atoms with Gasteiger partial charge in [-0.2, -0.15) is 0 Å². The van der Waals surface area contributed by atoms with Gasteiger partial charge in [0.05, 0.1) is 19.1 Å². The van der Waals surface area contributed by atoms with Crippen LogP contribution >= 0.6 is 0 Å². The molecule has 3 aromatic rings. The van der Waals surface area contributed by atoms with Crippen LogP contribution in [0.25, 0.3) is 0 Å². The zero-order valence-electron chi connectivity index (χ0n) is 14.7. The van der Waals surface area contributed by atoms with Crippen LogP contribution in [0, 0.1) is 5.41 Å². The molecule has 0 amide bonds. The highest BCUT2D eigenvalue weighted by Gasteiger charge is 2.29. The molecular weight excluding hydrogens is 312 g/mol. The first-order chi connectivity index (χ1) is 12.1. The lowest BCUT2D eigenvalue weighted by molar-refractivity contribution is -0.226. The van der Waals surface area contributed by atoms with Crippen LogP contribution in [-0.2, 0) is 9.47 Å². The Hall–Kier alpha value is -2.30. The fourth-order valence-electron chi connectivity index (χ4n) is 3.30. The van der Waals surface area contributed by atoms with Crippen LogP contribution < -0.4 is 0 Å². The zero-order chi connectivity index (χ0) is 17.3. The van der Waals surface area contributed by atoms with Gasteiger partial charge in [0, 0.05) is 34.8 Å². The van der Waals surface area contributed by atoms with Crippen molar-refractivity contribution in [2.24, 2.45) is 5.41 Å². The molecule has 0 saturated carbocycles. The molecule has 2 aromatic heterocycles. The van der Waals surface area contributed by atoms with Gasteiger partial charge in [0.1, 0.15) is 0 Å². The SMILES string of the molecule is CC1(C)COC(c2ccc(C(c3ccc[nH]3)c3ccc[nH]3)cc2)OC1. The summed E-state index contributed by atoms with van der Waals surface area (Å²) in [5, 5.41) is 0. The van der Waals surface area contributed by atoms with Crippen LogP contribution in [0.5, 0.6) is 0 Å². The third kappa shape index (κ3) is 3.41. The molecule has 0 atom stereocenters. The monoisotopic (exact) mass is 336 g/mol. The quantitative estimate of drug-likeness (QED) is 0.732. The Balaban J connectivity index is 1.58. The van der Waals surface area contributed by atoms with Gasteiger partial charge in [-0.05, 0) is 29.8 Å². The summed E-state index contributed by atoms with van der Waals surface area (Å²) in [5.74, 6) is 0.158. The molecule has 0 aliphatic carbocycles. The summed E-state index contributed by atoms with van der Waals surface area (Å²) >= 11 is 0. The molecule has 1 saturated heterocycles. The largest absolute Gasteiger partial charge is 0.364 e. The maximum absolute atomic E-state index is 5.89. The van der Waals surface area contributed by atoms with Crippen LogP contribution in [0.15, 0.2) is 60.9 Å². The van der Waals surface area contributed by atoms with Crippen LogP contribution in [0.2, 0.25) is 0 Å². The predicted molar refractivity (Wildman–Crippen MR) is 97.4 cm³/mol. The summed E-state index contributed by atoms with van der Waals surface area (Å²) in [6.07, 6.45) is 3.66. The number of ether oxygens (including phenoxy) is 2. The fraction of sp³-hybridized carbons (Fsp3) is 0.333. The number of H-pyrrole nitrogens is 2. The highest BCUT2D eigenvalue weighted by molar-refractivity contribution is 5.39. The molecule has 2 N–H and O–H groups in total. The second-order valence-corrected chi connectivity index (χ2v) is 7.47. The molecule has 0 spiro atoms. The number of benzene rings is 1. The van der Waals surface area contributed by atoms with Gasteiger partial charge in [0.2, 0.25) is 0 Å². The van der Waals surface area contributed by atoms with E-state index >= 15 is 0 Å². The maximum Gasteiger partial charge on any atom is 0.183 e. The number of rotatable bonds is 4.